The van der Waals surface area contributed by atoms with Crippen molar-refractivity contribution in [2.75, 3.05) is 30.3 Å². The molecule has 1 saturated heterocycles. The van der Waals surface area contributed by atoms with Gasteiger partial charge in [-0.05, 0) is 37.5 Å². The average molecular weight is 259 g/mol. The van der Waals surface area contributed by atoms with Crippen LogP contribution in [0.15, 0.2) is 18.2 Å². The highest BCUT2D eigenvalue weighted by Gasteiger charge is 2.20. The van der Waals surface area contributed by atoms with Crippen LogP contribution >= 0.6 is 0 Å². The van der Waals surface area contributed by atoms with Gasteiger partial charge in [-0.15, -0.1) is 0 Å². The third kappa shape index (κ3) is 2.41. The van der Waals surface area contributed by atoms with Crippen LogP contribution in [-0.2, 0) is 4.79 Å². The Morgan fingerprint density at radius 2 is 1.89 bits per heavy atom. The van der Waals surface area contributed by atoms with E-state index in [1.165, 1.54) is 6.42 Å². The summed E-state index contributed by atoms with van der Waals surface area (Å²) in [5, 5.41) is 5.81. The molecule has 1 fully saturated rings. The first-order valence-electron chi connectivity index (χ1n) is 6.71. The third-order valence-corrected chi connectivity index (χ3v) is 3.62. The fraction of sp³-hybridized carbons (Fsp3) is 0.429. The van der Waals surface area contributed by atoms with Crippen molar-refractivity contribution in [1.29, 1.82) is 0 Å². The van der Waals surface area contributed by atoms with E-state index in [1.54, 1.807) is 6.07 Å². The molecule has 0 saturated carbocycles. The molecule has 0 spiro atoms. The Bertz CT molecular complexity index is 521. The highest BCUT2D eigenvalue weighted by molar-refractivity contribution is 6.03. The van der Waals surface area contributed by atoms with Crippen molar-refractivity contribution < 1.29 is 9.59 Å². The minimum atomic E-state index is -0.0740. The van der Waals surface area contributed by atoms with Crippen molar-refractivity contribution in [3.05, 3.63) is 23.8 Å². The second-order valence-corrected chi connectivity index (χ2v) is 5.01. The predicted octanol–water partition coefficient (Wildman–Crippen LogP) is 1.68. The number of rotatable bonds is 1. The number of nitrogens with one attached hydrogen (secondary N) is 2. The van der Waals surface area contributed by atoms with Gasteiger partial charge in [-0.1, -0.05) is 0 Å². The van der Waals surface area contributed by atoms with E-state index in [1.807, 2.05) is 17.0 Å². The normalized spacial score (nSPS) is 18.3. The SMILES string of the molecule is O=C1CNc2ccc(C(=O)N3CCCCC3)cc2N1. The molecule has 2 aliphatic rings. The van der Waals surface area contributed by atoms with Gasteiger partial charge in [0.2, 0.25) is 5.91 Å². The second-order valence-electron chi connectivity index (χ2n) is 5.01. The lowest BCUT2D eigenvalue weighted by molar-refractivity contribution is -0.114. The van der Waals surface area contributed by atoms with Crippen LogP contribution in [0.25, 0.3) is 0 Å². The number of hydrogen-bond donors (Lipinski definition) is 2. The van der Waals surface area contributed by atoms with Gasteiger partial charge >= 0.3 is 0 Å². The molecule has 0 unspecified atom stereocenters. The first-order valence-corrected chi connectivity index (χ1v) is 6.71. The number of piperidine rings is 1. The summed E-state index contributed by atoms with van der Waals surface area (Å²) < 4.78 is 0. The van der Waals surface area contributed by atoms with Crippen LogP contribution in [0.1, 0.15) is 29.6 Å². The standard InChI is InChI=1S/C14H17N3O2/c18-13-9-15-11-5-4-10(8-12(11)16-13)14(19)17-6-2-1-3-7-17/h4-5,8,15H,1-3,6-7,9H2,(H,16,18). The van der Waals surface area contributed by atoms with Gasteiger partial charge in [-0.2, -0.15) is 0 Å². The first-order chi connectivity index (χ1) is 9.24. The van der Waals surface area contributed by atoms with Gasteiger partial charge in [0.15, 0.2) is 0 Å². The number of nitrogens with zero attached hydrogens (tertiary/aromatic N) is 1. The van der Waals surface area contributed by atoms with Crippen molar-refractivity contribution in [3.8, 4) is 0 Å². The monoisotopic (exact) mass is 259 g/mol. The largest absolute Gasteiger partial charge is 0.374 e. The van der Waals surface area contributed by atoms with Gasteiger partial charge in [0.25, 0.3) is 5.91 Å². The fourth-order valence-electron chi connectivity index (χ4n) is 2.58. The highest BCUT2D eigenvalue weighted by Crippen LogP contribution is 2.26. The molecule has 100 valence electrons. The number of carbonyl (C=O) groups excluding carboxylic acids is 2. The van der Waals surface area contributed by atoms with Gasteiger partial charge < -0.3 is 15.5 Å². The van der Waals surface area contributed by atoms with E-state index < -0.39 is 0 Å². The van der Waals surface area contributed by atoms with Crippen molar-refractivity contribution >= 4 is 23.2 Å². The minimum Gasteiger partial charge on any atom is -0.374 e. The third-order valence-electron chi connectivity index (χ3n) is 3.62. The Kier molecular flexibility index (Phi) is 3.11. The lowest BCUT2D eigenvalue weighted by Gasteiger charge is -2.27. The Morgan fingerprint density at radius 3 is 2.68 bits per heavy atom. The van der Waals surface area contributed by atoms with Crippen LogP contribution in [0.3, 0.4) is 0 Å². The summed E-state index contributed by atoms with van der Waals surface area (Å²) in [4.78, 5) is 25.6. The summed E-state index contributed by atoms with van der Waals surface area (Å²) in [7, 11) is 0. The minimum absolute atomic E-state index is 0.0577. The summed E-state index contributed by atoms with van der Waals surface area (Å²) in [6.45, 7) is 1.95. The van der Waals surface area contributed by atoms with E-state index in [0.717, 1.165) is 31.6 Å². The summed E-state index contributed by atoms with van der Waals surface area (Å²) in [5.41, 5.74) is 2.21. The maximum atomic E-state index is 12.4. The quantitative estimate of drug-likeness (QED) is 0.806. The number of carbonyl (C=O) groups is 2. The van der Waals surface area contributed by atoms with E-state index >= 15 is 0 Å². The number of hydrogen-bond acceptors (Lipinski definition) is 3. The van der Waals surface area contributed by atoms with Gasteiger partial charge in [0, 0.05) is 18.7 Å². The predicted molar refractivity (Wildman–Crippen MR) is 73.3 cm³/mol. The van der Waals surface area contributed by atoms with Crippen LogP contribution in [-0.4, -0.2) is 36.3 Å². The van der Waals surface area contributed by atoms with Crippen LogP contribution < -0.4 is 10.6 Å². The van der Waals surface area contributed by atoms with E-state index in [9.17, 15) is 9.59 Å². The molecule has 0 radical (unpaired) electrons. The van der Waals surface area contributed by atoms with Gasteiger partial charge in [0.05, 0.1) is 17.9 Å². The zero-order valence-corrected chi connectivity index (χ0v) is 10.7. The van der Waals surface area contributed by atoms with Crippen LogP contribution in [0.5, 0.6) is 0 Å². The van der Waals surface area contributed by atoms with E-state index in [-0.39, 0.29) is 18.4 Å². The van der Waals surface area contributed by atoms with Crippen molar-refractivity contribution in [2.45, 2.75) is 19.3 Å². The van der Waals surface area contributed by atoms with Crippen molar-refractivity contribution in [3.63, 3.8) is 0 Å². The van der Waals surface area contributed by atoms with Crippen molar-refractivity contribution in [2.24, 2.45) is 0 Å². The van der Waals surface area contributed by atoms with Gasteiger partial charge in [-0.3, -0.25) is 9.59 Å². The summed E-state index contributed by atoms with van der Waals surface area (Å²) >= 11 is 0. The van der Waals surface area contributed by atoms with Crippen molar-refractivity contribution in [1.82, 2.24) is 4.90 Å². The van der Waals surface area contributed by atoms with Crippen LogP contribution in [0.4, 0.5) is 11.4 Å². The number of likely N-dealkylation sites (tertiary alicyclic amines) is 1. The van der Waals surface area contributed by atoms with E-state index in [0.29, 0.717) is 11.3 Å². The molecule has 2 amide bonds. The van der Waals surface area contributed by atoms with Crippen LogP contribution in [0.2, 0.25) is 0 Å². The average Bonchev–Trinajstić information content (AvgIpc) is 2.46. The zero-order chi connectivity index (χ0) is 13.2. The molecule has 2 heterocycles. The number of benzene rings is 1. The maximum absolute atomic E-state index is 12.4. The fourth-order valence-corrected chi connectivity index (χ4v) is 2.58. The number of amides is 2. The molecule has 0 atom stereocenters. The molecule has 1 aromatic carbocycles. The Hall–Kier alpha value is -2.04. The molecule has 0 bridgehead atoms. The molecule has 0 aromatic heterocycles. The Balaban J connectivity index is 1.83. The lowest BCUT2D eigenvalue weighted by Crippen LogP contribution is -2.35. The van der Waals surface area contributed by atoms with Crippen LogP contribution in [0, 0.1) is 0 Å². The lowest BCUT2D eigenvalue weighted by atomic mass is 10.1. The molecule has 3 rings (SSSR count). The molecule has 0 aliphatic carbocycles. The van der Waals surface area contributed by atoms with Gasteiger partial charge in [-0.25, -0.2) is 0 Å². The number of fused-ring (bicyclic) bond motifs is 1. The van der Waals surface area contributed by atoms with E-state index in [2.05, 4.69) is 10.6 Å². The molecule has 19 heavy (non-hydrogen) atoms. The second kappa shape index (κ2) is 4.91. The zero-order valence-electron chi connectivity index (χ0n) is 10.7. The topological polar surface area (TPSA) is 61.4 Å². The maximum Gasteiger partial charge on any atom is 0.253 e. The smallest absolute Gasteiger partial charge is 0.253 e. The molecule has 5 heteroatoms. The summed E-state index contributed by atoms with van der Waals surface area (Å²) in [6.07, 6.45) is 3.36. The first kappa shape index (κ1) is 12.0. The molecule has 2 aliphatic heterocycles. The molecule has 1 aromatic rings. The molecule has 2 N–H and O–H groups in total. The Morgan fingerprint density at radius 1 is 1.11 bits per heavy atom. The highest BCUT2D eigenvalue weighted by atomic mass is 16.2. The van der Waals surface area contributed by atoms with E-state index in [4.69, 9.17) is 0 Å². The molecular formula is C14H17N3O2. The van der Waals surface area contributed by atoms with Gasteiger partial charge in [0.1, 0.15) is 0 Å². The molecule has 5 nitrogen and oxygen atoms in total. The summed E-state index contributed by atoms with van der Waals surface area (Å²) in [6, 6.07) is 5.43. The Labute approximate surface area is 112 Å². The summed E-state index contributed by atoms with van der Waals surface area (Å²) in [5.74, 6) is -0.0163. The molecular weight excluding hydrogens is 242 g/mol. The number of anilines is 2.